The van der Waals surface area contributed by atoms with E-state index in [2.05, 4.69) is 20.6 Å². The molecule has 5 amide bonds. The maximum absolute atomic E-state index is 13.9. The molecule has 0 radical (unpaired) electrons. The third-order valence-corrected chi connectivity index (χ3v) is 13.4. The van der Waals surface area contributed by atoms with E-state index in [0.717, 1.165) is 32.1 Å². The van der Waals surface area contributed by atoms with Gasteiger partial charge in [-0.2, -0.15) is 23.7 Å². The molecule has 0 aliphatic carbocycles. The Morgan fingerprint density at radius 3 is 1.36 bits per heavy atom. The lowest BCUT2D eigenvalue weighted by Gasteiger charge is -2.22. The van der Waals surface area contributed by atoms with Gasteiger partial charge in [-0.05, 0) is 82.9 Å². The predicted molar refractivity (Wildman–Crippen MR) is 292 cm³/mol. The number of aliphatic carboxylic acids is 1. The van der Waals surface area contributed by atoms with Crippen molar-refractivity contribution in [1.29, 1.82) is 10.5 Å². The van der Waals surface area contributed by atoms with Crippen molar-refractivity contribution < 1.29 is 83.6 Å². The van der Waals surface area contributed by atoms with E-state index < -0.39 is 98.7 Å². The predicted octanol–water partition coefficient (Wildman–Crippen LogP) is 6.01. The van der Waals surface area contributed by atoms with Gasteiger partial charge < -0.3 is 55.1 Å². The van der Waals surface area contributed by atoms with Gasteiger partial charge in [0, 0.05) is 49.1 Å². The number of pyridine rings is 2. The van der Waals surface area contributed by atoms with Crippen molar-refractivity contribution in [3.63, 3.8) is 0 Å². The molecule has 2 fully saturated rings. The molecule has 6 aromatic rings. The van der Waals surface area contributed by atoms with Gasteiger partial charge >= 0.3 is 12.1 Å². The van der Waals surface area contributed by atoms with E-state index in [1.54, 1.807) is 65.6 Å². The van der Waals surface area contributed by atoms with Gasteiger partial charge in [0.1, 0.15) is 36.8 Å². The molecule has 2 aromatic heterocycles. The van der Waals surface area contributed by atoms with Crippen molar-refractivity contribution in [3.05, 3.63) is 121 Å². The lowest BCUT2D eigenvalue weighted by Crippen LogP contribution is -2.43. The van der Waals surface area contributed by atoms with Gasteiger partial charge in [0.15, 0.2) is 0 Å². The highest BCUT2D eigenvalue weighted by Crippen LogP contribution is 2.34. The number of nitrogens with one attached hydrogen (secondary N) is 2. The van der Waals surface area contributed by atoms with Crippen LogP contribution < -0.4 is 25.8 Å². The van der Waals surface area contributed by atoms with Gasteiger partial charge in [0.25, 0.3) is 23.7 Å². The molecule has 2 aliphatic heterocycles. The van der Waals surface area contributed by atoms with Crippen molar-refractivity contribution in [2.75, 3.05) is 85.5 Å². The highest BCUT2D eigenvalue weighted by Gasteiger charge is 2.48. The summed E-state index contributed by atoms with van der Waals surface area (Å²) in [5.74, 6) is -11.0. The van der Waals surface area contributed by atoms with Gasteiger partial charge in [0.05, 0.1) is 93.5 Å². The van der Waals surface area contributed by atoms with Gasteiger partial charge in [-0.15, -0.1) is 0 Å². The molecule has 0 saturated carbocycles. The van der Waals surface area contributed by atoms with E-state index in [0.29, 0.717) is 33.3 Å². The molecule has 2 aliphatic rings. The summed E-state index contributed by atoms with van der Waals surface area (Å²) in [5.41, 5.74) is 10.3. The first kappa shape index (κ1) is 64.1. The number of carboxylic acids is 1. The lowest BCUT2D eigenvalue weighted by molar-refractivity contribution is -0.192. The SMILES string of the molecule is N#C[C@@H]1CC(F)(F)CN1C(=O)CNC(=O)c1ccnc2ccc(-c3ccc(OCCOCCN(CCOCCOc4ccc(-c5ccc6nccc(C(=O)NCC(=O)N7CC(F)(F)C[C@H]7C#N)c6c5)cc4)C(=O)CN)cc3)cc12.O=C(O)C(F)(F)F. The number of ether oxygens (including phenoxy) is 4. The van der Waals surface area contributed by atoms with E-state index in [-0.39, 0.29) is 76.3 Å². The molecule has 2 saturated heterocycles. The second-order valence-corrected chi connectivity index (χ2v) is 19.4. The normalized spacial score (nSPS) is 15.8. The number of fused-ring (bicyclic) bond motifs is 2. The Hall–Kier alpha value is -9.51. The van der Waals surface area contributed by atoms with Crippen LogP contribution in [0.3, 0.4) is 0 Å². The number of rotatable bonds is 23. The van der Waals surface area contributed by atoms with Crippen molar-refractivity contribution in [2.24, 2.45) is 5.73 Å². The second-order valence-electron chi connectivity index (χ2n) is 19.4. The topological polar surface area (TPSA) is 293 Å². The Morgan fingerprint density at radius 2 is 1.00 bits per heavy atom. The molecule has 5 N–H and O–H groups in total. The van der Waals surface area contributed by atoms with Gasteiger partial charge in [-0.25, -0.2) is 22.4 Å². The summed E-state index contributed by atoms with van der Waals surface area (Å²) in [4.78, 5) is 85.1. The molecule has 452 valence electrons. The van der Waals surface area contributed by atoms with Crippen LogP contribution in [0.5, 0.6) is 11.5 Å². The number of likely N-dealkylation sites (tertiary alicyclic amines) is 2. The smallest absolute Gasteiger partial charge is 0.490 e. The maximum atomic E-state index is 13.9. The Labute approximate surface area is 485 Å². The van der Waals surface area contributed by atoms with Crippen molar-refractivity contribution >= 4 is 57.3 Å². The summed E-state index contributed by atoms with van der Waals surface area (Å²) < 4.78 is 110. The third kappa shape index (κ3) is 17.3. The number of amides is 5. The standard InChI is InChI=1S/C56H54F4N10O9.C2HF3O2/c57-55(58)27-40(29-61)69(34-55)51(72)32-66-53(74)44-13-15-64-48-11-5-38(25-46(44)48)36-1-7-42(8-2-36)78-23-21-76-19-17-68(50(71)31-63)18-20-77-22-24-79-43-9-3-37(4-10-43)39-6-12-49-47(26-39)45(14-16-65-49)54(75)67-33-52(73)70-35-56(59,60)28-41(70)30-62;3-2(4,5)1(6)7/h1-16,25-26,40-41H,17-24,27-28,31-35,63H2,(H,66,74)(H,67,75);(H,6,7)/t40-,41-;/m0./s1. The van der Waals surface area contributed by atoms with Crippen LogP contribution >= 0.6 is 0 Å². The maximum Gasteiger partial charge on any atom is 0.490 e. The van der Waals surface area contributed by atoms with Crippen molar-refractivity contribution in [3.8, 4) is 45.9 Å². The largest absolute Gasteiger partial charge is 0.491 e. The molecule has 4 aromatic carbocycles. The first-order valence-electron chi connectivity index (χ1n) is 26.4. The highest BCUT2D eigenvalue weighted by molar-refractivity contribution is 6.09. The second kappa shape index (κ2) is 28.9. The lowest BCUT2D eigenvalue weighted by atomic mass is 10.0. The van der Waals surface area contributed by atoms with E-state index in [1.165, 1.54) is 24.5 Å². The summed E-state index contributed by atoms with van der Waals surface area (Å²) in [6.45, 7) is -1.11. The summed E-state index contributed by atoms with van der Waals surface area (Å²) in [7, 11) is 0. The number of nitrogens with two attached hydrogens (primary N) is 1. The zero-order valence-corrected chi connectivity index (χ0v) is 45.5. The Morgan fingerprint density at radius 1 is 0.616 bits per heavy atom. The van der Waals surface area contributed by atoms with Gasteiger partial charge in [0.2, 0.25) is 17.7 Å². The fourth-order valence-corrected chi connectivity index (χ4v) is 9.11. The molecule has 21 nitrogen and oxygen atoms in total. The molecule has 0 spiro atoms. The number of carbonyl (C=O) groups excluding carboxylic acids is 5. The Balaban J connectivity index is 0.00000142. The first-order chi connectivity index (χ1) is 41.0. The van der Waals surface area contributed by atoms with Crippen LogP contribution in [0.15, 0.2) is 109 Å². The van der Waals surface area contributed by atoms with E-state index in [9.17, 15) is 65.2 Å². The summed E-state index contributed by atoms with van der Waals surface area (Å²) in [6, 6.07) is 29.2. The van der Waals surface area contributed by atoms with Gasteiger partial charge in [-0.3, -0.25) is 33.9 Å². The number of hydrogen-bond acceptors (Lipinski definition) is 15. The summed E-state index contributed by atoms with van der Waals surface area (Å²) >= 11 is 0. The minimum Gasteiger partial charge on any atom is -0.491 e. The molecule has 0 unspecified atom stereocenters. The van der Waals surface area contributed by atoms with Crippen molar-refractivity contribution in [2.45, 2.75) is 42.9 Å². The molecule has 86 heavy (non-hydrogen) atoms. The zero-order valence-electron chi connectivity index (χ0n) is 45.5. The molecule has 28 heteroatoms. The van der Waals surface area contributed by atoms with Crippen LogP contribution in [0.2, 0.25) is 0 Å². The summed E-state index contributed by atoms with van der Waals surface area (Å²) in [6.07, 6.45) is -3.67. The summed E-state index contributed by atoms with van der Waals surface area (Å²) in [5, 5.41) is 31.6. The minimum absolute atomic E-state index is 0.183. The van der Waals surface area contributed by atoms with E-state index >= 15 is 0 Å². The fraction of sp³-hybridized carbons (Fsp3) is 0.345. The molecule has 2 atom stereocenters. The first-order valence-corrected chi connectivity index (χ1v) is 26.4. The Bertz CT molecular complexity index is 3300. The van der Waals surface area contributed by atoms with Crippen LogP contribution in [-0.2, 0) is 28.7 Å². The number of halogens is 7. The number of hydrogen-bond donors (Lipinski definition) is 4. The Kier molecular flexibility index (Phi) is 21.5. The number of aromatic nitrogens is 2. The van der Waals surface area contributed by atoms with Crippen LogP contribution in [0.4, 0.5) is 30.7 Å². The molecule has 0 bridgehead atoms. The highest BCUT2D eigenvalue weighted by atomic mass is 19.4. The number of alkyl halides is 7. The average molecular weight is 1200 g/mol. The molecular weight excluding hydrogens is 1150 g/mol. The van der Waals surface area contributed by atoms with E-state index in [4.69, 9.17) is 34.6 Å². The minimum atomic E-state index is -5.08. The number of carboxylic acid groups (broad SMARTS) is 1. The zero-order chi connectivity index (χ0) is 62.2. The number of carbonyl (C=O) groups is 6. The fourth-order valence-electron chi connectivity index (χ4n) is 9.11. The monoisotopic (exact) mass is 1200 g/mol. The average Bonchev–Trinajstić information content (AvgIpc) is 1.61. The van der Waals surface area contributed by atoms with Crippen LogP contribution in [0, 0.1) is 22.7 Å². The third-order valence-electron chi connectivity index (χ3n) is 13.4. The molecule has 4 heterocycles. The molecular formula is C58H55F7N10O11. The van der Waals surface area contributed by atoms with Crippen LogP contribution in [0.25, 0.3) is 44.1 Å². The van der Waals surface area contributed by atoms with Crippen LogP contribution in [-0.4, -0.2) is 181 Å². The van der Waals surface area contributed by atoms with Crippen LogP contribution in [0.1, 0.15) is 33.6 Å². The van der Waals surface area contributed by atoms with Gasteiger partial charge in [-0.1, -0.05) is 36.4 Å². The van der Waals surface area contributed by atoms with Crippen molar-refractivity contribution in [1.82, 2.24) is 35.3 Å². The quantitative estimate of drug-likeness (QED) is 0.0422. The van der Waals surface area contributed by atoms with E-state index in [1.807, 2.05) is 36.4 Å². The number of nitriles is 2. The number of nitrogens with zero attached hydrogens (tertiary/aromatic N) is 7. The molecule has 8 rings (SSSR count). The number of benzene rings is 4.